The molecule has 0 saturated heterocycles. The molecule has 10 heteroatoms. The van der Waals surface area contributed by atoms with Gasteiger partial charge < -0.3 is 10.6 Å². The van der Waals surface area contributed by atoms with Gasteiger partial charge in [-0.15, -0.1) is 11.3 Å². The summed E-state index contributed by atoms with van der Waals surface area (Å²) in [4.78, 5) is 29.7. The van der Waals surface area contributed by atoms with Crippen molar-refractivity contribution in [3.05, 3.63) is 65.3 Å². The predicted molar refractivity (Wildman–Crippen MR) is 109 cm³/mol. The maximum absolute atomic E-state index is 13.8. The Morgan fingerprint density at radius 2 is 1.70 bits per heavy atom. The van der Waals surface area contributed by atoms with Gasteiger partial charge in [0.2, 0.25) is 11.8 Å². The fraction of sp³-hybridized carbons (Fsp3) is 0.150. The predicted octanol–water partition coefficient (Wildman–Crippen LogP) is 3.74. The van der Waals surface area contributed by atoms with E-state index in [0.717, 1.165) is 29.5 Å². The first-order valence-corrected chi connectivity index (χ1v) is 9.63. The van der Waals surface area contributed by atoms with Crippen LogP contribution in [0.5, 0.6) is 0 Å². The van der Waals surface area contributed by atoms with Gasteiger partial charge in [0.1, 0.15) is 17.5 Å². The third-order valence-corrected chi connectivity index (χ3v) is 4.65. The molecular formula is C20H17F3N4O2S. The Balaban J connectivity index is 1.52. The number of nitrogens with zero attached hydrogens (tertiary/aromatic N) is 2. The monoisotopic (exact) mass is 434 g/mol. The molecule has 3 aromatic rings. The maximum Gasteiger partial charge on any atom is 0.240 e. The summed E-state index contributed by atoms with van der Waals surface area (Å²) >= 11 is 1.07. The van der Waals surface area contributed by atoms with E-state index in [1.54, 1.807) is 13.1 Å². The van der Waals surface area contributed by atoms with Crippen molar-refractivity contribution in [3.8, 4) is 11.3 Å². The van der Waals surface area contributed by atoms with Crippen LogP contribution in [0.4, 0.5) is 24.0 Å². The standard InChI is InChI=1S/C20H17F3N4O2S/c1-27(9-18(28)24-14-4-2-3-12(21)7-14)10-19(29)26-20-25-17(11-30-20)15-8-13(22)5-6-16(15)23/h2-8,11H,9-10H2,1H3,(H,24,28)(H,25,26,29). The van der Waals surface area contributed by atoms with Crippen molar-refractivity contribution in [3.63, 3.8) is 0 Å². The molecule has 2 aromatic carbocycles. The van der Waals surface area contributed by atoms with Crippen molar-refractivity contribution < 1.29 is 22.8 Å². The number of nitrogens with one attached hydrogen (secondary N) is 2. The first-order valence-electron chi connectivity index (χ1n) is 8.75. The summed E-state index contributed by atoms with van der Waals surface area (Å²) in [6.07, 6.45) is 0. The van der Waals surface area contributed by atoms with E-state index in [-0.39, 0.29) is 29.5 Å². The molecule has 0 bridgehead atoms. The zero-order valence-electron chi connectivity index (χ0n) is 15.8. The summed E-state index contributed by atoms with van der Waals surface area (Å²) < 4.78 is 40.3. The molecule has 0 spiro atoms. The molecule has 3 rings (SSSR count). The highest BCUT2D eigenvalue weighted by Gasteiger charge is 2.15. The highest BCUT2D eigenvalue weighted by Crippen LogP contribution is 2.27. The molecule has 0 unspecified atom stereocenters. The summed E-state index contributed by atoms with van der Waals surface area (Å²) in [6, 6.07) is 8.52. The number of carbonyl (C=O) groups excluding carboxylic acids is 2. The molecule has 30 heavy (non-hydrogen) atoms. The molecule has 6 nitrogen and oxygen atoms in total. The third-order valence-electron chi connectivity index (χ3n) is 3.89. The minimum atomic E-state index is -0.622. The Hall–Kier alpha value is -3.24. The summed E-state index contributed by atoms with van der Waals surface area (Å²) in [5, 5.41) is 6.82. The van der Waals surface area contributed by atoms with Crippen LogP contribution in [0.25, 0.3) is 11.3 Å². The summed E-state index contributed by atoms with van der Waals surface area (Å²) in [7, 11) is 1.57. The van der Waals surface area contributed by atoms with Crippen molar-refractivity contribution in [1.29, 1.82) is 0 Å². The molecule has 1 aromatic heterocycles. The first-order chi connectivity index (χ1) is 14.3. The van der Waals surface area contributed by atoms with Crippen LogP contribution >= 0.6 is 11.3 Å². The SMILES string of the molecule is CN(CC(=O)Nc1cccc(F)c1)CC(=O)Nc1nc(-c2cc(F)ccc2F)cs1. The van der Waals surface area contributed by atoms with E-state index in [2.05, 4.69) is 15.6 Å². The summed E-state index contributed by atoms with van der Waals surface area (Å²) in [6.45, 7) is -0.207. The second-order valence-electron chi connectivity index (χ2n) is 6.44. The molecule has 2 amide bonds. The molecular weight excluding hydrogens is 417 g/mol. The number of benzene rings is 2. The average molecular weight is 434 g/mol. The van der Waals surface area contributed by atoms with Gasteiger partial charge in [0, 0.05) is 16.6 Å². The van der Waals surface area contributed by atoms with E-state index >= 15 is 0 Å². The number of thiazole rings is 1. The Morgan fingerprint density at radius 1 is 1.00 bits per heavy atom. The molecule has 0 saturated carbocycles. The number of hydrogen-bond donors (Lipinski definition) is 2. The second kappa shape index (κ2) is 9.51. The third kappa shape index (κ3) is 5.88. The van der Waals surface area contributed by atoms with Crippen molar-refractivity contribution in [2.24, 2.45) is 0 Å². The van der Waals surface area contributed by atoms with Gasteiger partial charge in [0.05, 0.1) is 18.8 Å². The normalized spacial score (nSPS) is 10.8. The lowest BCUT2D eigenvalue weighted by atomic mass is 10.1. The largest absolute Gasteiger partial charge is 0.325 e. The Bertz CT molecular complexity index is 1070. The molecule has 0 atom stereocenters. The topological polar surface area (TPSA) is 74.3 Å². The summed E-state index contributed by atoms with van der Waals surface area (Å²) in [5.41, 5.74) is 0.519. The van der Waals surface area contributed by atoms with Crippen molar-refractivity contribution in [1.82, 2.24) is 9.88 Å². The van der Waals surface area contributed by atoms with E-state index in [0.29, 0.717) is 5.69 Å². The van der Waals surface area contributed by atoms with Crippen molar-refractivity contribution in [2.45, 2.75) is 0 Å². The Labute approximate surface area is 174 Å². The maximum atomic E-state index is 13.8. The van der Waals surface area contributed by atoms with Gasteiger partial charge in [0.25, 0.3) is 0 Å². The molecule has 2 N–H and O–H groups in total. The second-order valence-corrected chi connectivity index (χ2v) is 7.30. The highest BCUT2D eigenvalue weighted by molar-refractivity contribution is 7.14. The van der Waals surface area contributed by atoms with E-state index in [4.69, 9.17) is 0 Å². The smallest absolute Gasteiger partial charge is 0.240 e. The lowest BCUT2D eigenvalue weighted by Crippen LogP contribution is -2.36. The lowest BCUT2D eigenvalue weighted by Gasteiger charge is -2.15. The number of aromatic nitrogens is 1. The van der Waals surface area contributed by atoms with Gasteiger partial charge in [-0.1, -0.05) is 6.07 Å². The first kappa shape index (κ1) is 21.5. The fourth-order valence-electron chi connectivity index (χ4n) is 2.62. The quantitative estimate of drug-likeness (QED) is 0.594. The summed E-state index contributed by atoms with van der Waals surface area (Å²) in [5.74, 6) is -2.53. The van der Waals surface area contributed by atoms with Crippen LogP contribution in [0.3, 0.4) is 0 Å². The van der Waals surface area contributed by atoms with E-state index in [1.165, 1.54) is 28.5 Å². The number of likely N-dealkylation sites (N-methyl/N-ethyl adjacent to an activating group) is 1. The van der Waals surface area contributed by atoms with Crippen LogP contribution < -0.4 is 10.6 Å². The zero-order chi connectivity index (χ0) is 21.7. The van der Waals surface area contributed by atoms with Crippen LogP contribution in [0.2, 0.25) is 0 Å². The molecule has 0 aliphatic carbocycles. The van der Waals surface area contributed by atoms with E-state index in [1.807, 2.05) is 0 Å². The van der Waals surface area contributed by atoms with E-state index < -0.39 is 29.3 Å². The van der Waals surface area contributed by atoms with Crippen LogP contribution in [-0.2, 0) is 9.59 Å². The Kier molecular flexibility index (Phi) is 6.80. The van der Waals surface area contributed by atoms with Gasteiger partial charge in [-0.3, -0.25) is 14.5 Å². The molecule has 0 aliphatic rings. The molecule has 1 heterocycles. The fourth-order valence-corrected chi connectivity index (χ4v) is 3.35. The number of rotatable bonds is 7. The van der Waals surface area contributed by atoms with Gasteiger partial charge in [-0.2, -0.15) is 0 Å². The van der Waals surface area contributed by atoms with E-state index in [9.17, 15) is 22.8 Å². The van der Waals surface area contributed by atoms with Gasteiger partial charge in [-0.25, -0.2) is 18.2 Å². The highest BCUT2D eigenvalue weighted by atomic mass is 32.1. The molecule has 0 aliphatic heterocycles. The van der Waals surface area contributed by atoms with Crippen LogP contribution in [-0.4, -0.2) is 41.8 Å². The number of hydrogen-bond acceptors (Lipinski definition) is 5. The Morgan fingerprint density at radius 3 is 2.43 bits per heavy atom. The van der Waals surface area contributed by atoms with Gasteiger partial charge in [0.15, 0.2) is 5.13 Å². The van der Waals surface area contributed by atoms with Crippen LogP contribution in [0.1, 0.15) is 0 Å². The zero-order valence-corrected chi connectivity index (χ0v) is 16.6. The number of carbonyl (C=O) groups is 2. The minimum Gasteiger partial charge on any atom is -0.325 e. The number of amides is 2. The molecule has 0 radical (unpaired) electrons. The van der Waals surface area contributed by atoms with Crippen molar-refractivity contribution in [2.75, 3.05) is 30.8 Å². The number of halogens is 3. The molecule has 0 fully saturated rings. The van der Waals surface area contributed by atoms with Crippen LogP contribution in [0, 0.1) is 17.5 Å². The average Bonchev–Trinajstić information content (AvgIpc) is 3.11. The van der Waals surface area contributed by atoms with Gasteiger partial charge in [-0.05, 0) is 43.4 Å². The van der Waals surface area contributed by atoms with Gasteiger partial charge >= 0.3 is 0 Å². The minimum absolute atomic E-state index is 0.00196. The number of anilines is 2. The molecule has 156 valence electrons. The van der Waals surface area contributed by atoms with Crippen molar-refractivity contribution >= 4 is 34.0 Å². The lowest BCUT2D eigenvalue weighted by molar-refractivity contribution is -0.119. The van der Waals surface area contributed by atoms with Crippen LogP contribution in [0.15, 0.2) is 47.8 Å².